The molecule has 3 nitrogen and oxygen atoms in total. The second-order valence-corrected chi connectivity index (χ2v) is 4.23. The molecule has 0 aliphatic rings. The van der Waals surface area contributed by atoms with E-state index in [0.29, 0.717) is 0 Å². The topological polar surface area (TPSA) is 60.7 Å². The van der Waals surface area contributed by atoms with E-state index in [0.717, 1.165) is 0 Å². The fraction of sp³-hybridized carbons (Fsp3) is 0.333. The van der Waals surface area contributed by atoms with Crippen molar-refractivity contribution < 1.29 is 15.3 Å². The molecule has 15 heavy (non-hydrogen) atoms. The van der Waals surface area contributed by atoms with Crippen molar-refractivity contribution in [2.45, 2.75) is 12.2 Å². The van der Waals surface area contributed by atoms with E-state index >= 15 is 0 Å². The molecule has 2 atom stereocenters. The van der Waals surface area contributed by atoms with Gasteiger partial charge in [0.1, 0.15) is 11.9 Å². The molecular formula is C9H10Cl2O3S. The largest absolute Gasteiger partial charge is 0.506 e. The van der Waals surface area contributed by atoms with Crippen molar-refractivity contribution in [1.82, 2.24) is 0 Å². The highest BCUT2D eigenvalue weighted by Crippen LogP contribution is 2.35. The first-order chi connectivity index (χ1) is 6.97. The summed E-state index contributed by atoms with van der Waals surface area (Å²) in [6, 6.07) is 2.70. The molecule has 0 saturated heterocycles. The Labute approximate surface area is 103 Å². The molecule has 0 fully saturated rings. The van der Waals surface area contributed by atoms with Crippen LogP contribution in [0.25, 0.3) is 0 Å². The predicted octanol–water partition coefficient (Wildman–Crippen LogP) is 2.02. The Hall–Kier alpha value is -0.130. The summed E-state index contributed by atoms with van der Waals surface area (Å²) in [5.41, 5.74) is 0.0917. The van der Waals surface area contributed by atoms with Crippen molar-refractivity contribution in [3.8, 4) is 5.75 Å². The van der Waals surface area contributed by atoms with E-state index in [2.05, 4.69) is 12.6 Å². The van der Waals surface area contributed by atoms with Crippen molar-refractivity contribution in [3.05, 3.63) is 27.7 Å². The van der Waals surface area contributed by atoms with Crippen LogP contribution >= 0.6 is 35.8 Å². The number of phenolic OH excluding ortho intramolecular Hbond substituents is 1. The molecule has 84 valence electrons. The van der Waals surface area contributed by atoms with Crippen LogP contribution < -0.4 is 0 Å². The minimum atomic E-state index is -1.27. The first kappa shape index (κ1) is 12.9. The predicted molar refractivity (Wildman–Crippen MR) is 62.9 cm³/mol. The first-order valence-corrected chi connectivity index (χ1v) is 5.51. The molecule has 3 N–H and O–H groups in total. The minimum absolute atomic E-state index is 0.0305. The van der Waals surface area contributed by atoms with Gasteiger partial charge >= 0.3 is 0 Å². The zero-order valence-corrected chi connectivity index (χ0v) is 9.97. The summed E-state index contributed by atoms with van der Waals surface area (Å²) in [4.78, 5) is 0. The van der Waals surface area contributed by atoms with E-state index < -0.39 is 12.2 Å². The monoisotopic (exact) mass is 268 g/mol. The molecular weight excluding hydrogens is 259 g/mol. The summed E-state index contributed by atoms with van der Waals surface area (Å²) in [6.07, 6.45) is -2.35. The van der Waals surface area contributed by atoms with Gasteiger partial charge in [-0.15, -0.1) is 0 Å². The number of hydrogen-bond donors (Lipinski definition) is 4. The summed E-state index contributed by atoms with van der Waals surface area (Å²) in [5.74, 6) is -0.223. The van der Waals surface area contributed by atoms with Gasteiger partial charge in [-0.1, -0.05) is 23.2 Å². The molecule has 1 aromatic rings. The van der Waals surface area contributed by atoms with Gasteiger partial charge in [0.25, 0.3) is 0 Å². The molecule has 0 bridgehead atoms. The average Bonchev–Trinajstić information content (AvgIpc) is 2.21. The Kier molecular flexibility index (Phi) is 4.55. The lowest BCUT2D eigenvalue weighted by Gasteiger charge is -2.18. The molecule has 0 spiro atoms. The van der Waals surface area contributed by atoms with Crippen molar-refractivity contribution in [3.63, 3.8) is 0 Å². The second-order valence-electron chi connectivity index (χ2n) is 3.02. The van der Waals surface area contributed by atoms with Crippen LogP contribution in [-0.2, 0) is 0 Å². The Morgan fingerprint density at radius 1 is 1.27 bits per heavy atom. The fourth-order valence-corrected chi connectivity index (χ4v) is 1.83. The van der Waals surface area contributed by atoms with Gasteiger partial charge in [-0.3, -0.25) is 0 Å². The van der Waals surface area contributed by atoms with E-state index in [1.165, 1.54) is 12.1 Å². The number of phenols is 1. The number of aliphatic hydroxyl groups is 2. The van der Waals surface area contributed by atoms with Gasteiger partial charge in [-0.2, -0.15) is 12.6 Å². The molecule has 0 heterocycles. The number of aromatic hydroxyl groups is 1. The highest BCUT2D eigenvalue weighted by Gasteiger charge is 2.22. The van der Waals surface area contributed by atoms with Crippen molar-refractivity contribution in [1.29, 1.82) is 0 Å². The lowest BCUT2D eigenvalue weighted by Crippen LogP contribution is -2.19. The third kappa shape index (κ3) is 2.92. The molecule has 1 aromatic carbocycles. The Balaban J connectivity index is 3.13. The van der Waals surface area contributed by atoms with Gasteiger partial charge in [0.05, 0.1) is 11.1 Å². The molecule has 2 unspecified atom stereocenters. The van der Waals surface area contributed by atoms with Gasteiger partial charge in [-0.05, 0) is 12.1 Å². The molecule has 0 amide bonds. The molecule has 0 saturated carbocycles. The number of rotatable bonds is 3. The fourth-order valence-electron chi connectivity index (χ4n) is 1.12. The zero-order chi connectivity index (χ0) is 11.6. The maximum Gasteiger partial charge on any atom is 0.140 e. The SMILES string of the molecule is Oc1c(Cl)cc(Cl)cc1C(O)C(O)CS. The standard InChI is InChI=1S/C9H10Cl2O3S/c10-4-1-5(8(13)6(11)2-4)9(14)7(12)3-15/h1-2,7,9,12-15H,3H2. The second kappa shape index (κ2) is 5.27. The summed E-state index contributed by atoms with van der Waals surface area (Å²) in [6.45, 7) is 0. The Morgan fingerprint density at radius 3 is 2.40 bits per heavy atom. The van der Waals surface area contributed by atoms with Crippen LogP contribution in [0, 0.1) is 0 Å². The van der Waals surface area contributed by atoms with Crippen LogP contribution in [0.2, 0.25) is 10.0 Å². The molecule has 0 aliphatic heterocycles. The van der Waals surface area contributed by atoms with Gasteiger partial charge in [-0.25, -0.2) is 0 Å². The molecule has 0 radical (unpaired) electrons. The van der Waals surface area contributed by atoms with E-state index in [1.54, 1.807) is 0 Å². The van der Waals surface area contributed by atoms with Gasteiger partial charge in [0, 0.05) is 16.3 Å². The highest BCUT2D eigenvalue weighted by atomic mass is 35.5. The summed E-state index contributed by atoms with van der Waals surface area (Å²) >= 11 is 15.2. The van der Waals surface area contributed by atoms with Gasteiger partial charge < -0.3 is 15.3 Å². The first-order valence-electron chi connectivity index (χ1n) is 4.12. The average molecular weight is 269 g/mol. The summed E-state index contributed by atoms with van der Waals surface area (Å²) in [7, 11) is 0. The Bertz CT molecular complexity index is 359. The zero-order valence-electron chi connectivity index (χ0n) is 7.56. The van der Waals surface area contributed by atoms with Crippen LogP contribution in [0.3, 0.4) is 0 Å². The van der Waals surface area contributed by atoms with E-state index in [4.69, 9.17) is 23.2 Å². The number of halogens is 2. The number of hydrogen-bond acceptors (Lipinski definition) is 4. The lowest BCUT2D eigenvalue weighted by atomic mass is 10.0. The third-order valence-electron chi connectivity index (χ3n) is 1.93. The smallest absolute Gasteiger partial charge is 0.140 e. The van der Waals surface area contributed by atoms with Crippen molar-refractivity contribution in [2.75, 3.05) is 5.75 Å². The van der Waals surface area contributed by atoms with Gasteiger partial charge in [0.15, 0.2) is 0 Å². The lowest BCUT2D eigenvalue weighted by molar-refractivity contribution is 0.0323. The maximum absolute atomic E-state index is 9.64. The highest BCUT2D eigenvalue weighted by molar-refractivity contribution is 7.80. The van der Waals surface area contributed by atoms with Crippen molar-refractivity contribution in [2.24, 2.45) is 0 Å². The molecule has 1 rings (SSSR count). The van der Waals surface area contributed by atoms with Crippen LogP contribution in [0.1, 0.15) is 11.7 Å². The summed E-state index contributed by atoms with van der Waals surface area (Å²) < 4.78 is 0. The normalized spacial score (nSPS) is 15.0. The maximum atomic E-state index is 9.64. The number of aliphatic hydroxyl groups excluding tert-OH is 2. The summed E-state index contributed by atoms with van der Waals surface area (Å²) in [5, 5.41) is 28.9. The van der Waals surface area contributed by atoms with E-state index in [1.807, 2.05) is 0 Å². The van der Waals surface area contributed by atoms with Crippen molar-refractivity contribution >= 4 is 35.8 Å². The van der Waals surface area contributed by atoms with Gasteiger partial charge in [0.2, 0.25) is 0 Å². The van der Waals surface area contributed by atoms with E-state index in [-0.39, 0.29) is 27.1 Å². The third-order valence-corrected chi connectivity index (χ3v) is 2.81. The molecule has 0 aromatic heterocycles. The molecule has 6 heteroatoms. The van der Waals surface area contributed by atoms with Crippen LogP contribution in [-0.4, -0.2) is 27.2 Å². The molecule has 0 aliphatic carbocycles. The number of benzene rings is 1. The van der Waals surface area contributed by atoms with Crippen LogP contribution in [0.5, 0.6) is 5.75 Å². The van der Waals surface area contributed by atoms with E-state index in [9.17, 15) is 15.3 Å². The number of thiol groups is 1. The Morgan fingerprint density at radius 2 is 1.87 bits per heavy atom. The quantitative estimate of drug-likeness (QED) is 0.635. The minimum Gasteiger partial charge on any atom is -0.506 e. The van der Waals surface area contributed by atoms with Crippen LogP contribution in [0.15, 0.2) is 12.1 Å². The van der Waals surface area contributed by atoms with Crippen LogP contribution in [0.4, 0.5) is 0 Å².